The van der Waals surface area contributed by atoms with Crippen LogP contribution in [-0.4, -0.2) is 12.3 Å². The molecule has 0 radical (unpaired) electrons. The topological polar surface area (TPSA) is 61.5 Å². The molecule has 0 spiro atoms. The van der Waals surface area contributed by atoms with E-state index in [0.29, 0.717) is 0 Å². The van der Waals surface area contributed by atoms with E-state index in [1.54, 1.807) is 0 Å². The molecule has 46 valence electrons. The van der Waals surface area contributed by atoms with Crippen molar-refractivity contribution < 1.29 is 14.4 Å². The fourth-order valence-electron chi connectivity index (χ4n) is 0.350. The lowest BCUT2D eigenvalue weighted by Crippen LogP contribution is -2.12. The Morgan fingerprint density at radius 2 is 2.25 bits per heavy atom. The molecular weight excluding hydrogens is 110 g/mol. The summed E-state index contributed by atoms with van der Waals surface area (Å²) in [6, 6.07) is 0. The van der Waals surface area contributed by atoms with E-state index in [4.69, 9.17) is 0 Å². The molecule has 0 aromatic rings. The molecule has 0 saturated heterocycles. The van der Waals surface area contributed by atoms with Gasteiger partial charge in [0.05, 0.1) is 0 Å². The third kappa shape index (κ3) is 1.38. The number of carbonyl (C=O) groups is 1. The molecule has 2 N–H and O–H groups in total. The number of hydrogen-bond acceptors (Lipinski definition) is 4. The zero-order valence-corrected chi connectivity index (χ0v) is 4.29. The summed E-state index contributed by atoms with van der Waals surface area (Å²) in [5.74, 6) is 4.47. The Balaban J connectivity index is 2.07. The SMILES string of the molecule is NOC(=O)OC1CC1. The van der Waals surface area contributed by atoms with Gasteiger partial charge in [-0.2, -0.15) is 5.90 Å². The molecule has 0 aromatic heterocycles. The Bertz CT molecular complexity index is 99.5. The van der Waals surface area contributed by atoms with E-state index in [0.717, 1.165) is 12.8 Å². The predicted octanol–water partition coefficient (Wildman–Crippen LogP) is 0.176. The fraction of sp³-hybridized carbons (Fsp3) is 0.750. The number of nitrogens with two attached hydrogens (primary N) is 1. The normalized spacial score (nSPS) is 17.6. The van der Waals surface area contributed by atoms with Gasteiger partial charge in [-0.25, -0.2) is 4.79 Å². The molecule has 0 heterocycles. The van der Waals surface area contributed by atoms with Crippen molar-refractivity contribution in [3.05, 3.63) is 0 Å². The van der Waals surface area contributed by atoms with Crippen LogP contribution >= 0.6 is 0 Å². The van der Waals surface area contributed by atoms with Gasteiger partial charge in [-0.1, -0.05) is 0 Å². The van der Waals surface area contributed by atoms with Gasteiger partial charge in [-0.3, -0.25) is 0 Å². The molecular formula is C4H7NO3. The maximum absolute atomic E-state index is 10.1. The second-order valence-corrected chi connectivity index (χ2v) is 1.69. The Labute approximate surface area is 46.5 Å². The lowest BCUT2D eigenvalue weighted by atomic mass is 10.8. The number of hydrogen-bond donors (Lipinski definition) is 1. The second-order valence-electron chi connectivity index (χ2n) is 1.69. The van der Waals surface area contributed by atoms with Crippen molar-refractivity contribution in [3.8, 4) is 0 Å². The average molecular weight is 117 g/mol. The minimum absolute atomic E-state index is 0.0750. The first-order chi connectivity index (χ1) is 3.83. The molecule has 8 heavy (non-hydrogen) atoms. The molecule has 0 aromatic carbocycles. The summed E-state index contributed by atoms with van der Waals surface area (Å²) in [7, 11) is 0. The Kier molecular flexibility index (Phi) is 1.34. The van der Waals surface area contributed by atoms with Gasteiger partial charge >= 0.3 is 6.16 Å². The Hall–Kier alpha value is -0.770. The van der Waals surface area contributed by atoms with E-state index in [1.165, 1.54) is 0 Å². The van der Waals surface area contributed by atoms with Gasteiger partial charge in [0.1, 0.15) is 6.10 Å². The zero-order valence-electron chi connectivity index (χ0n) is 4.29. The summed E-state index contributed by atoms with van der Waals surface area (Å²) >= 11 is 0. The summed E-state index contributed by atoms with van der Waals surface area (Å²) in [4.78, 5) is 13.8. The van der Waals surface area contributed by atoms with Gasteiger partial charge in [-0.05, 0) is 12.8 Å². The van der Waals surface area contributed by atoms with E-state index in [-0.39, 0.29) is 6.10 Å². The van der Waals surface area contributed by atoms with Gasteiger partial charge in [0.25, 0.3) is 0 Å². The van der Waals surface area contributed by atoms with E-state index in [9.17, 15) is 4.79 Å². The van der Waals surface area contributed by atoms with Crippen LogP contribution in [0.1, 0.15) is 12.8 Å². The maximum atomic E-state index is 10.1. The number of ether oxygens (including phenoxy) is 1. The minimum Gasteiger partial charge on any atom is -0.430 e. The van der Waals surface area contributed by atoms with E-state index < -0.39 is 6.16 Å². The monoisotopic (exact) mass is 117 g/mol. The van der Waals surface area contributed by atoms with Gasteiger partial charge in [0, 0.05) is 0 Å². The van der Waals surface area contributed by atoms with Gasteiger partial charge in [-0.15, -0.1) is 0 Å². The molecule has 0 bridgehead atoms. The highest BCUT2D eigenvalue weighted by Crippen LogP contribution is 2.23. The first-order valence-corrected chi connectivity index (χ1v) is 2.40. The zero-order chi connectivity index (χ0) is 5.98. The van der Waals surface area contributed by atoms with Crippen LogP contribution in [-0.2, 0) is 9.57 Å². The van der Waals surface area contributed by atoms with Crippen LogP contribution in [0.25, 0.3) is 0 Å². The fourth-order valence-corrected chi connectivity index (χ4v) is 0.350. The first kappa shape index (κ1) is 5.37. The van der Waals surface area contributed by atoms with Crippen molar-refractivity contribution in [3.63, 3.8) is 0 Å². The minimum atomic E-state index is -0.785. The van der Waals surface area contributed by atoms with Crippen molar-refractivity contribution in [2.24, 2.45) is 5.90 Å². The van der Waals surface area contributed by atoms with Gasteiger partial charge in [0.15, 0.2) is 0 Å². The van der Waals surface area contributed by atoms with Crippen LogP contribution in [0.2, 0.25) is 0 Å². The van der Waals surface area contributed by atoms with Crippen LogP contribution < -0.4 is 5.90 Å². The number of rotatable bonds is 1. The lowest BCUT2D eigenvalue weighted by Gasteiger charge is -1.95. The molecule has 1 saturated carbocycles. The molecule has 0 atom stereocenters. The largest absolute Gasteiger partial charge is 0.527 e. The lowest BCUT2D eigenvalue weighted by molar-refractivity contribution is 0.0496. The molecule has 1 fully saturated rings. The predicted molar refractivity (Wildman–Crippen MR) is 24.8 cm³/mol. The van der Waals surface area contributed by atoms with Crippen LogP contribution in [0.3, 0.4) is 0 Å². The molecule has 0 unspecified atom stereocenters. The Morgan fingerprint density at radius 3 is 2.62 bits per heavy atom. The summed E-state index contributed by atoms with van der Waals surface area (Å²) in [6.45, 7) is 0. The maximum Gasteiger partial charge on any atom is 0.527 e. The van der Waals surface area contributed by atoms with Crippen LogP contribution in [0.15, 0.2) is 0 Å². The standard InChI is InChI=1S/C4H7NO3/c5-8-4(6)7-3-1-2-3/h3H,1-2,5H2. The van der Waals surface area contributed by atoms with Crippen molar-refractivity contribution in [2.45, 2.75) is 18.9 Å². The summed E-state index contributed by atoms with van der Waals surface area (Å²) in [5, 5.41) is 0. The quantitative estimate of drug-likeness (QED) is 0.393. The van der Waals surface area contributed by atoms with Gasteiger partial charge < -0.3 is 9.57 Å². The molecule has 4 heteroatoms. The van der Waals surface area contributed by atoms with Crippen LogP contribution in [0.5, 0.6) is 0 Å². The van der Waals surface area contributed by atoms with Gasteiger partial charge in [0.2, 0.25) is 0 Å². The van der Waals surface area contributed by atoms with E-state index >= 15 is 0 Å². The van der Waals surface area contributed by atoms with Crippen molar-refractivity contribution >= 4 is 6.16 Å². The first-order valence-electron chi connectivity index (χ1n) is 2.40. The molecule has 0 aliphatic heterocycles. The smallest absolute Gasteiger partial charge is 0.430 e. The summed E-state index contributed by atoms with van der Waals surface area (Å²) in [5.41, 5.74) is 0. The van der Waals surface area contributed by atoms with Crippen LogP contribution in [0, 0.1) is 0 Å². The number of carbonyl (C=O) groups excluding carboxylic acids is 1. The summed E-state index contributed by atoms with van der Waals surface area (Å²) in [6.07, 6.45) is 1.17. The molecule has 1 aliphatic carbocycles. The second kappa shape index (κ2) is 2.00. The Morgan fingerprint density at radius 1 is 1.62 bits per heavy atom. The highest BCUT2D eigenvalue weighted by Gasteiger charge is 2.26. The molecule has 0 amide bonds. The molecule has 1 aliphatic rings. The van der Waals surface area contributed by atoms with Crippen molar-refractivity contribution in [2.75, 3.05) is 0 Å². The highest BCUT2D eigenvalue weighted by molar-refractivity contribution is 5.59. The van der Waals surface area contributed by atoms with Crippen molar-refractivity contribution in [1.29, 1.82) is 0 Å². The molecule has 4 nitrogen and oxygen atoms in total. The van der Waals surface area contributed by atoms with E-state index in [1.807, 2.05) is 0 Å². The highest BCUT2D eigenvalue weighted by atomic mass is 16.8. The van der Waals surface area contributed by atoms with E-state index in [2.05, 4.69) is 15.5 Å². The van der Waals surface area contributed by atoms with Crippen LogP contribution in [0.4, 0.5) is 4.79 Å². The van der Waals surface area contributed by atoms with Crippen molar-refractivity contribution in [1.82, 2.24) is 0 Å². The summed E-state index contributed by atoms with van der Waals surface area (Å²) < 4.78 is 4.52. The molecule has 1 rings (SSSR count). The third-order valence-corrected chi connectivity index (χ3v) is 0.883. The third-order valence-electron chi connectivity index (χ3n) is 0.883. The average Bonchev–Trinajstić information content (AvgIpc) is 2.50.